The maximum Gasteiger partial charge on any atom is 0.103 e. The summed E-state index contributed by atoms with van der Waals surface area (Å²) in [6.45, 7) is 4.50. The Kier molecular flexibility index (Phi) is 4.12. The fourth-order valence-corrected chi connectivity index (χ4v) is 1.11. The molecule has 13 heavy (non-hydrogen) atoms. The smallest absolute Gasteiger partial charge is 0.103 e. The standard InChI is InChI=1S/C9H20N2O2/c1-3-7(11)5-12-8-4-9(8)13-6(2)10/h6-9H,3-5,10-11H2,1-2H3. The highest BCUT2D eigenvalue weighted by atomic mass is 16.6. The average molecular weight is 188 g/mol. The van der Waals surface area contributed by atoms with Gasteiger partial charge in [-0.15, -0.1) is 0 Å². The highest BCUT2D eigenvalue weighted by molar-refractivity contribution is 4.90. The summed E-state index contributed by atoms with van der Waals surface area (Å²) in [4.78, 5) is 0. The van der Waals surface area contributed by atoms with Crippen LogP contribution < -0.4 is 11.5 Å². The van der Waals surface area contributed by atoms with Gasteiger partial charge in [0.05, 0.1) is 18.8 Å². The van der Waals surface area contributed by atoms with Gasteiger partial charge in [0.1, 0.15) is 6.23 Å². The molecule has 1 rings (SSSR count). The van der Waals surface area contributed by atoms with Gasteiger partial charge < -0.3 is 20.9 Å². The van der Waals surface area contributed by atoms with Crippen molar-refractivity contribution in [1.29, 1.82) is 0 Å². The van der Waals surface area contributed by atoms with E-state index in [4.69, 9.17) is 20.9 Å². The first kappa shape index (κ1) is 10.9. The van der Waals surface area contributed by atoms with Crippen LogP contribution in [0.5, 0.6) is 0 Å². The highest BCUT2D eigenvalue weighted by Gasteiger charge is 2.40. The van der Waals surface area contributed by atoms with E-state index < -0.39 is 0 Å². The van der Waals surface area contributed by atoms with Crippen LogP contribution in [0.25, 0.3) is 0 Å². The molecule has 0 aromatic heterocycles. The maximum absolute atomic E-state index is 5.71. The number of rotatable bonds is 6. The van der Waals surface area contributed by atoms with Crippen molar-refractivity contribution in [3.05, 3.63) is 0 Å². The summed E-state index contributed by atoms with van der Waals surface area (Å²) >= 11 is 0. The zero-order valence-electron chi connectivity index (χ0n) is 8.40. The summed E-state index contributed by atoms with van der Waals surface area (Å²) in [5.41, 5.74) is 11.2. The van der Waals surface area contributed by atoms with E-state index in [1.54, 1.807) is 0 Å². The summed E-state index contributed by atoms with van der Waals surface area (Å²) in [5, 5.41) is 0. The van der Waals surface area contributed by atoms with Crippen molar-refractivity contribution >= 4 is 0 Å². The molecule has 0 amide bonds. The largest absolute Gasteiger partial charge is 0.374 e. The van der Waals surface area contributed by atoms with Gasteiger partial charge in [0.25, 0.3) is 0 Å². The summed E-state index contributed by atoms with van der Waals surface area (Å²) < 4.78 is 10.9. The van der Waals surface area contributed by atoms with Crippen molar-refractivity contribution in [3.63, 3.8) is 0 Å². The molecular formula is C9H20N2O2. The van der Waals surface area contributed by atoms with Gasteiger partial charge in [-0.2, -0.15) is 0 Å². The Balaban J connectivity index is 2.01. The number of hydrogen-bond acceptors (Lipinski definition) is 4. The molecule has 78 valence electrons. The quantitative estimate of drug-likeness (QED) is 0.584. The minimum Gasteiger partial charge on any atom is -0.374 e. The van der Waals surface area contributed by atoms with Crippen LogP contribution in [0.2, 0.25) is 0 Å². The highest BCUT2D eigenvalue weighted by Crippen LogP contribution is 2.29. The lowest BCUT2D eigenvalue weighted by Crippen LogP contribution is -2.27. The molecule has 1 aliphatic carbocycles. The van der Waals surface area contributed by atoms with E-state index in [1.807, 2.05) is 6.92 Å². The van der Waals surface area contributed by atoms with Crippen LogP contribution in [0.1, 0.15) is 26.7 Å². The third-order valence-corrected chi connectivity index (χ3v) is 2.11. The third kappa shape index (κ3) is 4.04. The monoisotopic (exact) mass is 188 g/mol. The minimum absolute atomic E-state index is 0.150. The second kappa shape index (κ2) is 4.91. The molecule has 1 saturated carbocycles. The topological polar surface area (TPSA) is 70.5 Å². The van der Waals surface area contributed by atoms with Crippen LogP contribution in [0, 0.1) is 0 Å². The van der Waals surface area contributed by atoms with Gasteiger partial charge in [0.2, 0.25) is 0 Å². The van der Waals surface area contributed by atoms with E-state index in [0.717, 1.165) is 12.8 Å². The van der Waals surface area contributed by atoms with Gasteiger partial charge in [0.15, 0.2) is 0 Å². The van der Waals surface area contributed by atoms with Gasteiger partial charge in [-0.05, 0) is 13.3 Å². The Bertz CT molecular complexity index is 153. The lowest BCUT2D eigenvalue weighted by atomic mass is 10.3. The summed E-state index contributed by atoms with van der Waals surface area (Å²) in [5.74, 6) is 0. The van der Waals surface area contributed by atoms with Crippen LogP contribution in [0.3, 0.4) is 0 Å². The second-order valence-electron chi connectivity index (χ2n) is 3.66. The SMILES string of the molecule is CCC(N)COC1CC1OC(C)N. The normalized spacial score (nSPS) is 31.4. The number of ether oxygens (including phenoxy) is 2. The fourth-order valence-electron chi connectivity index (χ4n) is 1.11. The predicted molar refractivity (Wildman–Crippen MR) is 51.1 cm³/mol. The Morgan fingerprint density at radius 1 is 1.38 bits per heavy atom. The lowest BCUT2D eigenvalue weighted by molar-refractivity contribution is 0.00659. The molecule has 0 aliphatic heterocycles. The molecule has 0 heterocycles. The molecule has 0 aromatic carbocycles. The molecule has 0 spiro atoms. The van der Waals surface area contributed by atoms with E-state index >= 15 is 0 Å². The Morgan fingerprint density at radius 2 is 2.08 bits per heavy atom. The van der Waals surface area contributed by atoms with Gasteiger partial charge in [-0.3, -0.25) is 0 Å². The van der Waals surface area contributed by atoms with Crippen molar-refractivity contribution in [1.82, 2.24) is 0 Å². The van der Waals surface area contributed by atoms with Crippen molar-refractivity contribution in [2.75, 3.05) is 6.61 Å². The maximum atomic E-state index is 5.71. The van der Waals surface area contributed by atoms with Gasteiger partial charge >= 0.3 is 0 Å². The summed E-state index contributed by atoms with van der Waals surface area (Å²) in [6, 6.07) is 0.150. The van der Waals surface area contributed by atoms with Crippen molar-refractivity contribution in [2.24, 2.45) is 11.5 Å². The molecule has 1 fully saturated rings. The first-order chi connectivity index (χ1) is 6.13. The summed E-state index contributed by atoms with van der Waals surface area (Å²) in [6.07, 6.45) is 2.13. The van der Waals surface area contributed by atoms with Gasteiger partial charge in [-0.1, -0.05) is 6.92 Å². The molecule has 4 atom stereocenters. The van der Waals surface area contributed by atoms with Crippen LogP contribution in [0.15, 0.2) is 0 Å². The Labute approximate surface area is 79.6 Å². The summed E-state index contributed by atoms with van der Waals surface area (Å²) in [7, 11) is 0. The van der Waals surface area contributed by atoms with E-state index in [1.165, 1.54) is 0 Å². The predicted octanol–water partition coefficient (Wildman–Crippen LogP) is 0.203. The second-order valence-corrected chi connectivity index (χ2v) is 3.66. The van der Waals surface area contributed by atoms with E-state index in [-0.39, 0.29) is 24.5 Å². The molecule has 1 aliphatic rings. The first-order valence-corrected chi connectivity index (χ1v) is 4.91. The van der Waals surface area contributed by atoms with Crippen molar-refractivity contribution in [3.8, 4) is 0 Å². The fraction of sp³-hybridized carbons (Fsp3) is 1.00. The Hall–Kier alpha value is -0.160. The van der Waals surface area contributed by atoms with Crippen LogP contribution >= 0.6 is 0 Å². The molecule has 4 nitrogen and oxygen atoms in total. The van der Waals surface area contributed by atoms with E-state index in [2.05, 4.69) is 6.92 Å². The van der Waals surface area contributed by atoms with Gasteiger partial charge in [0, 0.05) is 12.5 Å². The van der Waals surface area contributed by atoms with Crippen LogP contribution in [-0.2, 0) is 9.47 Å². The molecular weight excluding hydrogens is 168 g/mol. The molecule has 4 N–H and O–H groups in total. The third-order valence-electron chi connectivity index (χ3n) is 2.11. The lowest BCUT2D eigenvalue weighted by Gasteiger charge is -2.10. The van der Waals surface area contributed by atoms with Crippen molar-refractivity contribution in [2.45, 2.75) is 51.2 Å². The molecule has 4 heteroatoms. The molecule has 0 radical (unpaired) electrons. The van der Waals surface area contributed by atoms with E-state index in [9.17, 15) is 0 Å². The number of hydrogen-bond donors (Lipinski definition) is 2. The van der Waals surface area contributed by atoms with E-state index in [0.29, 0.717) is 6.61 Å². The zero-order valence-corrected chi connectivity index (χ0v) is 8.40. The van der Waals surface area contributed by atoms with Crippen LogP contribution in [-0.4, -0.2) is 31.1 Å². The minimum atomic E-state index is -0.196. The molecule has 0 aromatic rings. The Morgan fingerprint density at radius 3 is 2.62 bits per heavy atom. The average Bonchev–Trinajstić information content (AvgIpc) is 2.78. The molecule has 0 bridgehead atoms. The molecule has 0 saturated heterocycles. The van der Waals surface area contributed by atoms with Crippen molar-refractivity contribution < 1.29 is 9.47 Å². The first-order valence-electron chi connectivity index (χ1n) is 4.91. The van der Waals surface area contributed by atoms with Crippen LogP contribution in [0.4, 0.5) is 0 Å². The zero-order chi connectivity index (χ0) is 9.84. The van der Waals surface area contributed by atoms with Gasteiger partial charge in [-0.25, -0.2) is 0 Å². The number of nitrogens with two attached hydrogens (primary N) is 2. The molecule has 4 unspecified atom stereocenters.